The van der Waals surface area contributed by atoms with Crippen LogP contribution in [0.25, 0.3) is 0 Å². The summed E-state index contributed by atoms with van der Waals surface area (Å²) in [7, 11) is -4.09. The number of carboxylic acids is 1. The van der Waals surface area contributed by atoms with E-state index in [0.717, 1.165) is 12.1 Å². The number of hydrogen-bond donors (Lipinski definition) is 3. The fourth-order valence-electron chi connectivity index (χ4n) is 1.43. The summed E-state index contributed by atoms with van der Waals surface area (Å²) in [5.74, 6) is -1.27. The smallest absolute Gasteiger partial charge is 0.337 e. The lowest BCUT2D eigenvalue weighted by Crippen LogP contribution is -2.15. The van der Waals surface area contributed by atoms with E-state index >= 15 is 0 Å². The molecule has 1 heterocycles. The van der Waals surface area contributed by atoms with Gasteiger partial charge in [0.25, 0.3) is 10.0 Å². The van der Waals surface area contributed by atoms with Gasteiger partial charge in [-0.3, -0.25) is 9.82 Å². The maximum Gasteiger partial charge on any atom is 0.337 e. The Morgan fingerprint density at radius 1 is 1.35 bits per heavy atom. The standard InChI is InChI=1S/C10H7Cl2N3O4S/c11-5-3-6(10(16)17)9(12)7(4-5)20(18,19)15-8-1-2-13-14-8/h1-4H,(H,16,17)(H2,13,14,15). The number of nitrogens with zero attached hydrogens (tertiary/aromatic N) is 1. The Morgan fingerprint density at radius 3 is 2.60 bits per heavy atom. The van der Waals surface area contributed by atoms with Gasteiger partial charge in [0.2, 0.25) is 0 Å². The lowest BCUT2D eigenvalue weighted by molar-refractivity contribution is 0.0697. The highest BCUT2D eigenvalue weighted by molar-refractivity contribution is 7.92. The second-order valence-electron chi connectivity index (χ2n) is 3.65. The first kappa shape index (κ1) is 14.6. The predicted molar refractivity (Wildman–Crippen MR) is 72.8 cm³/mol. The highest BCUT2D eigenvalue weighted by Gasteiger charge is 2.24. The molecule has 0 amide bonds. The highest BCUT2D eigenvalue weighted by Crippen LogP contribution is 2.30. The van der Waals surface area contributed by atoms with Crippen molar-refractivity contribution >= 4 is 45.0 Å². The molecule has 0 saturated carbocycles. The molecule has 3 N–H and O–H groups in total. The molecule has 0 aliphatic heterocycles. The van der Waals surface area contributed by atoms with Gasteiger partial charge in [-0.2, -0.15) is 5.10 Å². The van der Waals surface area contributed by atoms with Gasteiger partial charge >= 0.3 is 5.97 Å². The van der Waals surface area contributed by atoms with E-state index in [1.165, 1.54) is 12.3 Å². The quantitative estimate of drug-likeness (QED) is 0.792. The van der Waals surface area contributed by atoms with Crippen LogP contribution >= 0.6 is 23.2 Å². The highest BCUT2D eigenvalue weighted by atomic mass is 35.5. The fraction of sp³-hybridized carbons (Fsp3) is 0. The molecule has 0 unspecified atom stereocenters. The van der Waals surface area contributed by atoms with E-state index in [2.05, 4.69) is 14.9 Å². The number of aromatic carboxylic acids is 1. The Bertz CT molecular complexity index is 759. The molecule has 0 bridgehead atoms. The summed E-state index contributed by atoms with van der Waals surface area (Å²) in [5, 5.41) is 14.5. The largest absolute Gasteiger partial charge is 0.478 e. The van der Waals surface area contributed by atoms with Crippen molar-refractivity contribution in [3.8, 4) is 0 Å². The predicted octanol–water partition coefficient (Wildman–Crippen LogP) is 2.22. The van der Waals surface area contributed by atoms with Gasteiger partial charge < -0.3 is 5.11 Å². The van der Waals surface area contributed by atoms with Crippen molar-refractivity contribution < 1.29 is 18.3 Å². The average molecular weight is 336 g/mol. The molecule has 0 saturated heterocycles. The third-order valence-corrected chi connectivity index (χ3v) is 4.40. The van der Waals surface area contributed by atoms with Crippen LogP contribution in [0, 0.1) is 0 Å². The average Bonchev–Trinajstić information content (AvgIpc) is 2.83. The summed E-state index contributed by atoms with van der Waals surface area (Å²) in [4.78, 5) is 10.6. The van der Waals surface area contributed by atoms with Crippen molar-refractivity contribution in [2.45, 2.75) is 4.90 Å². The number of aromatic amines is 1. The van der Waals surface area contributed by atoms with Crippen LogP contribution in [0.3, 0.4) is 0 Å². The molecule has 0 aliphatic rings. The van der Waals surface area contributed by atoms with E-state index < -0.39 is 31.5 Å². The number of rotatable bonds is 4. The SMILES string of the molecule is O=C(O)c1cc(Cl)cc(S(=O)(=O)Nc2ccn[nH]2)c1Cl. The summed E-state index contributed by atoms with van der Waals surface area (Å²) >= 11 is 11.5. The molecule has 2 aromatic rings. The second-order valence-corrected chi connectivity index (χ2v) is 6.11. The van der Waals surface area contributed by atoms with Crippen LogP contribution < -0.4 is 4.72 Å². The van der Waals surface area contributed by atoms with Crippen LogP contribution in [0.15, 0.2) is 29.3 Å². The van der Waals surface area contributed by atoms with Crippen molar-refractivity contribution in [3.63, 3.8) is 0 Å². The Hall–Kier alpha value is -1.77. The van der Waals surface area contributed by atoms with Gasteiger partial charge in [0.1, 0.15) is 10.7 Å². The molecule has 1 aromatic carbocycles. The maximum absolute atomic E-state index is 12.2. The molecule has 7 nitrogen and oxygen atoms in total. The van der Waals surface area contributed by atoms with Gasteiger partial charge in [-0.25, -0.2) is 13.2 Å². The summed E-state index contributed by atoms with van der Waals surface area (Å²) in [6.07, 6.45) is 1.35. The second kappa shape index (κ2) is 5.31. The fourth-order valence-corrected chi connectivity index (χ4v) is 3.35. The Labute approximate surface area is 123 Å². The minimum absolute atomic E-state index is 0.0585. The van der Waals surface area contributed by atoms with E-state index in [1.807, 2.05) is 0 Å². The molecule has 20 heavy (non-hydrogen) atoms. The van der Waals surface area contributed by atoms with Gasteiger partial charge in [-0.05, 0) is 12.1 Å². The number of nitrogens with one attached hydrogen (secondary N) is 2. The number of H-pyrrole nitrogens is 1. The van der Waals surface area contributed by atoms with E-state index in [1.54, 1.807) is 0 Å². The molecular weight excluding hydrogens is 329 g/mol. The normalized spacial score (nSPS) is 11.3. The van der Waals surface area contributed by atoms with Crippen LogP contribution in [-0.2, 0) is 10.0 Å². The number of carbonyl (C=O) groups is 1. The molecule has 0 fully saturated rings. The van der Waals surface area contributed by atoms with Crippen LogP contribution in [0.5, 0.6) is 0 Å². The van der Waals surface area contributed by atoms with Gasteiger partial charge in [-0.15, -0.1) is 0 Å². The Morgan fingerprint density at radius 2 is 2.05 bits per heavy atom. The molecular formula is C10H7Cl2N3O4S. The number of sulfonamides is 1. The van der Waals surface area contributed by atoms with Crippen molar-refractivity contribution in [2.75, 3.05) is 4.72 Å². The number of aromatic nitrogens is 2. The molecule has 10 heteroatoms. The number of benzene rings is 1. The Kier molecular flexibility index (Phi) is 3.89. The first-order chi connectivity index (χ1) is 9.31. The Balaban J connectivity index is 2.54. The molecule has 1 aromatic heterocycles. The molecule has 2 rings (SSSR count). The van der Waals surface area contributed by atoms with E-state index in [4.69, 9.17) is 28.3 Å². The lowest BCUT2D eigenvalue weighted by atomic mass is 10.2. The first-order valence-electron chi connectivity index (χ1n) is 5.06. The maximum atomic E-state index is 12.2. The lowest BCUT2D eigenvalue weighted by Gasteiger charge is -2.10. The molecule has 0 aliphatic carbocycles. The van der Waals surface area contributed by atoms with Crippen LogP contribution in [-0.4, -0.2) is 29.7 Å². The van der Waals surface area contributed by atoms with Crippen molar-refractivity contribution in [2.24, 2.45) is 0 Å². The third kappa shape index (κ3) is 2.87. The first-order valence-corrected chi connectivity index (χ1v) is 7.29. The van der Waals surface area contributed by atoms with Crippen LogP contribution in [0.2, 0.25) is 10.0 Å². The summed E-state index contributed by atoms with van der Waals surface area (Å²) in [6.45, 7) is 0. The van der Waals surface area contributed by atoms with Gasteiger partial charge in [0, 0.05) is 11.1 Å². The van der Waals surface area contributed by atoms with Crippen LogP contribution in [0.4, 0.5) is 5.82 Å². The minimum Gasteiger partial charge on any atom is -0.478 e. The van der Waals surface area contributed by atoms with Gasteiger partial charge in [-0.1, -0.05) is 23.2 Å². The molecule has 0 atom stereocenters. The third-order valence-electron chi connectivity index (χ3n) is 2.27. The van der Waals surface area contributed by atoms with Gasteiger partial charge in [0.15, 0.2) is 0 Å². The zero-order chi connectivity index (χ0) is 14.9. The summed E-state index contributed by atoms with van der Waals surface area (Å²) in [6, 6.07) is 3.52. The van der Waals surface area contributed by atoms with Crippen molar-refractivity contribution in [1.29, 1.82) is 0 Å². The summed E-state index contributed by atoms with van der Waals surface area (Å²) in [5.41, 5.74) is -0.399. The van der Waals surface area contributed by atoms with E-state index in [9.17, 15) is 13.2 Å². The molecule has 0 spiro atoms. The number of anilines is 1. The number of carboxylic acid groups (broad SMARTS) is 1. The molecule has 106 valence electrons. The minimum atomic E-state index is -4.09. The number of halogens is 2. The summed E-state index contributed by atoms with van der Waals surface area (Å²) < 4.78 is 26.5. The van der Waals surface area contributed by atoms with Gasteiger partial charge in [0.05, 0.1) is 16.8 Å². The van der Waals surface area contributed by atoms with Crippen LogP contribution in [0.1, 0.15) is 10.4 Å². The monoisotopic (exact) mass is 335 g/mol. The van der Waals surface area contributed by atoms with Crippen molar-refractivity contribution in [1.82, 2.24) is 10.2 Å². The van der Waals surface area contributed by atoms with E-state index in [-0.39, 0.29) is 10.8 Å². The molecule has 0 radical (unpaired) electrons. The zero-order valence-corrected chi connectivity index (χ0v) is 11.9. The number of hydrogen-bond acceptors (Lipinski definition) is 4. The van der Waals surface area contributed by atoms with Crippen molar-refractivity contribution in [3.05, 3.63) is 40.0 Å². The van der Waals surface area contributed by atoms with E-state index in [0.29, 0.717) is 0 Å². The zero-order valence-electron chi connectivity index (χ0n) is 9.59. The topological polar surface area (TPSA) is 112 Å².